The summed E-state index contributed by atoms with van der Waals surface area (Å²) in [5.74, 6) is 2.75. The fraction of sp³-hybridized carbons (Fsp3) is 0.474. The van der Waals surface area contributed by atoms with E-state index in [0.717, 1.165) is 63.1 Å². The van der Waals surface area contributed by atoms with Crippen molar-refractivity contribution in [2.75, 3.05) is 50.8 Å². The number of ether oxygens (including phenoxy) is 2. The largest absolute Gasteiger partial charge is 0.494 e. The van der Waals surface area contributed by atoms with Crippen LogP contribution < -0.4 is 14.4 Å². The smallest absolute Gasteiger partial charge is 0.147 e. The van der Waals surface area contributed by atoms with E-state index in [1.807, 2.05) is 30.5 Å². The highest BCUT2D eigenvalue weighted by atomic mass is 16.5. The zero-order valence-corrected chi connectivity index (χ0v) is 14.8. The van der Waals surface area contributed by atoms with Crippen LogP contribution in [0.1, 0.15) is 13.3 Å². The van der Waals surface area contributed by atoms with Gasteiger partial charge in [-0.25, -0.2) is 4.98 Å². The zero-order valence-electron chi connectivity index (χ0n) is 14.8. The van der Waals surface area contributed by atoms with Crippen molar-refractivity contribution >= 4 is 5.82 Å². The van der Waals surface area contributed by atoms with Gasteiger partial charge in [0.1, 0.15) is 23.9 Å². The van der Waals surface area contributed by atoms with E-state index in [1.165, 1.54) is 0 Å². The number of hydrogen-bond acceptors (Lipinski definition) is 6. The van der Waals surface area contributed by atoms with Crippen molar-refractivity contribution < 1.29 is 9.47 Å². The molecule has 0 N–H and O–H groups in total. The van der Waals surface area contributed by atoms with Crippen LogP contribution in [0.3, 0.4) is 0 Å². The summed E-state index contributed by atoms with van der Waals surface area (Å²) < 4.78 is 11.4. The van der Waals surface area contributed by atoms with E-state index in [4.69, 9.17) is 9.47 Å². The summed E-state index contributed by atoms with van der Waals surface area (Å²) >= 11 is 0. The molecule has 1 aromatic carbocycles. The summed E-state index contributed by atoms with van der Waals surface area (Å²) in [6.45, 7) is 8.46. The first-order valence-electron chi connectivity index (χ1n) is 8.94. The fourth-order valence-corrected chi connectivity index (χ4v) is 2.80. The maximum atomic E-state index is 5.85. The van der Waals surface area contributed by atoms with E-state index in [0.29, 0.717) is 6.61 Å². The molecule has 6 nitrogen and oxygen atoms in total. The fourth-order valence-electron chi connectivity index (χ4n) is 2.80. The maximum Gasteiger partial charge on any atom is 0.147 e. The summed E-state index contributed by atoms with van der Waals surface area (Å²) in [4.78, 5) is 13.2. The average molecular weight is 342 g/mol. The van der Waals surface area contributed by atoms with Crippen LogP contribution in [0, 0.1) is 0 Å². The Balaban J connectivity index is 1.36. The van der Waals surface area contributed by atoms with Gasteiger partial charge in [-0.15, -0.1) is 0 Å². The molecule has 0 unspecified atom stereocenters. The highest BCUT2D eigenvalue weighted by Crippen LogP contribution is 2.18. The Kier molecular flexibility index (Phi) is 6.45. The predicted octanol–water partition coefficient (Wildman–Crippen LogP) is 2.47. The lowest BCUT2D eigenvalue weighted by Gasteiger charge is -2.35. The van der Waals surface area contributed by atoms with Crippen LogP contribution in [0.15, 0.2) is 42.9 Å². The molecule has 1 aliphatic rings. The first kappa shape index (κ1) is 17.5. The van der Waals surface area contributed by atoms with Crippen LogP contribution in [-0.4, -0.2) is 60.8 Å². The lowest BCUT2D eigenvalue weighted by molar-refractivity contribution is 0.200. The Hall–Kier alpha value is -2.34. The zero-order chi connectivity index (χ0) is 17.3. The van der Waals surface area contributed by atoms with E-state index in [-0.39, 0.29) is 0 Å². The van der Waals surface area contributed by atoms with Gasteiger partial charge in [0, 0.05) is 45.1 Å². The van der Waals surface area contributed by atoms with Crippen LogP contribution in [-0.2, 0) is 0 Å². The number of anilines is 1. The summed E-state index contributed by atoms with van der Waals surface area (Å²) in [5.41, 5.74) is 0. The quantitative estimate of drug-likeness (QED) is 0.734. The molecule has 0 atom stereocenters. The van der Waals surface area contributed by atoms with Gasteiger partial charge in [0.15, 0.2) is 0 Å². The van der Waals surface area contributed by atoms with Gasteiger partial charge in [-0.3, -0.25) is 9.88 Å². The van der Waals surface area contributed by atoms with Crippen molar-refractivity contribution in [3.63, 3.8) is 0 Å². The minimum absolute atomic E-state index is 0.695. The Bertz CT molecular complexity index is 613. The summed E-state index contributed by atoms with van der Waals surface area (Å²) in [6.07, 6.45) is 6.29. The first-order chi connectivity index (χ1) is 12.3. The minimum atomic E-state index is 0.695. The molecular weight excluding hydrogens is 316 g/mol. The molecule has 25 heavy (non-hydrogen) atoms. The van der Waals surface area contributed by atoms with Gasteiger partial charge in [-0.1, -0.05) is 6.92 Å². The molecular formula is C19H26N4O2. The van der Waals surface area contributed by atoms with E-state index >= 15 is 0 Å². The van der Waals surface area contributed by atoms with Crippen LogP contribution in [0.5, 0.6) is 11.5 Å². The van der Waals surface area contributed by atoms with Gasteiger partial charge >= 0.3 is 0 Å². The van der Waals surface area contributed by atoms with Gasteiger partial charge in [0.25, 0.3) is 0 Å². The van der Waals surface area contributed by atoms with Crippen LogP contribution in [0.2, 0.25) is 0 Å². The van der Waals surface area contributed by atoms with Gasteiger partial charge in [-0.05, 0) is 30.7 Å². The van der Waals surface area contributed by atoms with Crippen LogP contribution in [0.25, 0.3) is 0 Å². The van der Waals surface area contributed by atoms with Gasteiger partial charge < -0.3 is 14.4 Å². The molecule has 6 heteroatoms. The topological polar surface area (TPSA) is 50.7 Å². The number of nitrogens with zero attached hydrogens (tertiary/aromatic N) is 4. The van der Waals surface area contributed by atoms with Crippen molar-refractivity contribution in [1.82, 2.24) is 14.9 Å². The number of benzene rings is 1. The van der Waals surface area contributed by atoms with E-state index in [2.05, 4.69) is 26.7 Å². The number of rotatable bonds is 8. The molecule has 0 bridgehead atoms. The normalized spacial score (nSPS) is 15.2. The Morgan fingerprint density at radius 2 is 1.60 bits per heavy atom. The third-order valence-electron chi connectivity index (χ3n) is 4.22. The van der Waals surface area contributed by atoms with Crippen molar-refractivity contribution in [2.24, 2.45) is 0 Å². The maximum absolute atomic E-state index is 5.85. The molecule has 0 radical (unpaired) electrons. The van der Waals surface area contributed by atoms with Crippen LogP contribution >= 0.6 is 0 Å². The first-order valence-corrected chi connectivity index (χ1v) is 8.94. The number of hydrogen-bond donors (Lipinski definition) is 0. The SMILES string of the molecule is CCCOc1ccc(OCCN2CCN(c3cnccn3)CC2)cc1. The van der Waals surface area contributed by atoms with Gasteiger partial charge in [-0.2, -0.15) is 0 Å². The minimum Gasteiger partial charge on any atom is -0.494 e. The van der Waals surface area contributed by atoms with Crippen molar-refractivity contribution in [3.8, 4) is 11.5 Å². The van der Waals surface area contributed by atoms with Gasteiger partial charge in [0.05, 0.1) is 12.8 Å². The summed E-state index contributed by atoms with van der Waals surface area (Å²) in [6, 6.07) is 7.86. The Morgan fingerprint density at radius 1 is 0.920 bits per heavy atom. The second-order valence-electron chi connectivity index (χ2n) is 6.06. The number of piperazine rings is 1. The molecule has 1 aliphatic heterocycles. The second-order valence-corrected chi connectivity index (χ2v) is 6.06. The molecule has 3 rings (SSSR count). The molecule has 2 aromatic rings. The van der Waals surface area contributed by atoms with Crippen molar-refractivity contribution in [1.29, 1.82) is 0 Å². The summed E-state index contributed by atoms with van der Waals surface area (Å²) in [5, 5.41) is 0. The van der Waals surface area contributed by atoms with E-state index < -0.39 is 0 Å². The van der Waals surface area contributed by atoms with E-state index in [9.17, 15) is 0 Å². The van der Waals surface area contributed by atoms with E-state index in [1.54, 1.807) is 12.4 Å². The molecule has 134 valence electrons. The monoisotopic (exact) mass is 342 g/mol. The predicted molar refractivity (Wildman–Crippen MR) is 98.4 cm³/mol. The summed E-state index contributed by atoms with van der Waals surface area (Å²) in [7, 11) is 0. The van der Waals surface area contributed by atoms with Crippen LogP contribution in [0.4, 0.5) is 5.82 Å². The Labute approximate surface area is 149 Å². The molecule has 0 saturated carbocycles. The molecule has 2 heterocycles. The van der Waals surface area contributed by atoms with Crippen molar-refractivity contribution in [2.45, 2.75) is 13.3 Å². The molecule has 0 amide bonds. The average Bonchev–Trinajstić information content (AvgIpc) is 2.69. The van der Waals surface area contributed by atoms with Gasteiger partial charge in [0.2, 0.25) is 0 Å². The van der Waals surface area contributed by atoms with Crippen molar-refractivity contribution in [3.05, 3.63) is 42.9 Å². The molecule has 1 fully saturated rings. The standard InChI is InChI=1S/C19H26N4O2/c1-2-14-24-17-3-5-18(6-4-17)25-15-13-22-9-11-23(12-10-22)19-16-20-7-8-21-19/h3-8,16H,2,9-15H2,1H3. The number of aromatic nitrogens is 2. The molecule has 0 aliphatic carbocycles. The highest BCUT2D eigenvalue weighted by molar-refractivity contribution is 5.35. The Morgan fingerprint density at radius 3 is 2.20 bits per heavy atom. The molecule has 1 aromatic heterocycles. The third kappa shape index (κ3) is 5.32. The lowest BCUT2D eigenvalue weighted by atomic mass is 10.3. The highest BCUT2D eigenvalue weighted by Gasteiger charge is 2.17. The lowest BCUT2D eigenvalue weighted by Crippen LogP contribution is -2.47. The molecule has 0 spiro atoms. The second kappa shape index (κ2) is 9.22. The third-order valence-corrected chi connectivity index (χ3v) is 4.22. The molecule has 1 saturated heterocycles.